The van der Waals surface area contributed by atoms with E-state index in [-0.39, 0.29) is 18.5 Å². The van der Waals surface area contributed by atoms with Gasteiger partial charge in [0.15, 0.2) is 11.7 Å². The highest BCUT2D eigenvalue weighted by Gasteiger charge is 2.40. The molecule has 1 heterocycles. The molecule has 1 aromatic carbocycles. The predicted molar refractivity (Wildman–Crippen MR) is 105 cm³/mol. The predicted octanol–water partition coefficient (Wildman–Crippen LogP) is 4.43. The maximum absolute atomic E-state index is 12.1. The van der Waals surface area contributed by atoms with E-state index in [1.807, 2.05) is 36.6 Å². The van der Waals surface area contributed by atoms with Crippen molar-refractivity contribution in [1.82, 2.24) is 4.98 Å². The van der Waals surface area contributed by atoms with Crippen LogP contribution in [0.15, 0.2) is 29.6 Å². The quantitative estimate of drug-likeness (QED) is 0.748. The zero-order valence-corrected chi connectivity index (χ0v) is 16.3. The zero-order chi connectivity index (χ0) is 18.8. The first-order valence-corrected chi connectivity index (χ1v) is 10.4. The van der Waals surface area contributed by atoms with Crippen molar-refractivity contribution in [1.29, 1.82) is 0 Å². The summed E-state index contributed by atoms with van der Waals surface area (Å²) in [4.78, 5) is 28.5. The van der Waals surface area contributed by atoms with Crippen LogP contribution >= 0.6 is 11.3 Å². The van der Waals surface area contributed by atoms with Crippen molar-refractivity contribution in [2.24, 2.45) is 17.8 Å². The number of esters is 1. The van der Waals surface area contributed by atoms with Crippen LogP contribution in [0, 0.1) is 24.7 Å². The first kappa shape index (κ1) is 18.2. The number of hydrogen-bond donors (Lipinski definition) is 1. The summed E-state index contributed by atoms with van der Waals surface area (Å²) in [7, 11) is 0. The van der Waals surface area contributed by atoms with Gasteiger partial charge < -0.3 is 4.74 Å². The maximum atomic E-state index is 12.1. The van der Waals surface area contributed by atoms with Gasteiger partial charge in [-0.25, -0.2) is 4.98 Å². The molecule has 1 amide bonds. The number of benzene rings is 1. The van der Waals surface area contributed by atoms with E-state index in [1.165, 1.54) is 36.2 Å². The summed E-state index contributed by atoms with van der Waals surface area (Å²) < 4.78 is 5.18. The molecule has 0 spiro atoms. The van der Waals surface area contributed by atoms with Crippen LogP contribution < -0.4 is 5.32 Å². The fourth-order valence-corrected chi connectivity index (χ4v) is 5.12. The van der Waals surface area contributed by atoms with Gasteiger partial charge in [0.2, 0.25) is 0 Å². The Kier molecular flexibility index (Phi) is 5.25. The molecule has 3 atom stereocenters. The molecule has 2 aliphatic rings. The number of aryl methyl sites for hydroxylation is 1. The van der Waals surface area contributed by atoms with Crippen LogP contribution in [0.5, 0.6) is 0 Å². The van der Waals surface area contributed by atoms with Crippen molar-refractivity contribution in [3.8, 4) is 11.3 Å². The molecule has 2 aromatic rings. The Morgan fingerprint density at radius 3 is 2.74 bits per heavy atom. The number of amides is 1. The average Bonchev–Trinajstić information content (AvgIpc) is 3.38. The molecule has 2 bridgehead atoms. The molecule has 142 valence electrons. The van der Waals surface area contributed by atoms with Crippen molar-refractivity contribution >= 4 is 28.3 Å². The standard InChI is InChI=1S/C21H24N2O3S/c1-13-2-5-15(6-3-13)18-12-27-21(22-18)23-19(24)11-26-20(25)10-17-9-14-4-7-16(17)8-14/h2-3,5-6,12,14,16-17H,4,7-11H2,1H3,(H,22,23,24)/t14-,16-,17+/m1/s1. The number of hydrogen-bond acceptors (Lipinski definition) is 5. The Morgan fingerprint density at radius 2 is 2.04 bits per heavy atom. The second kappa shape index (κ2) is 7.80. The summed E-state index contributed by atoms with van der Waals surface area (Å²) in [6, 6.07) is 8.08. The molecular weight excluding hydrogens is 360 g/mol. The first-order valence-electron chi connectivity index (χ1n) is 9.55. The first-order chi connectivity index (χ1) is 13.1. The minimum absolute atomic E-state index is 0.251. The van der Waals surface area contributed by atoms with Crippen molar-refractivity contribution in [2.45, 2.75) is 39.0 Å². The Hall–Kier alpha value is -2.21. The van der Waals surface area contributed by atoms with E-state index in [4.69, 9.17) is 4.74 Å². The third-order valence-electron chi connectivity index (χ3n) is 5.78. The Labute approximate surface area is 163 Å². The normalized spacial score (nSPS) is 23.4. The summed E-state index contributed by atoms with van der Waals surface area (Å²) in [5.41, 5.74) is 3.02. The number of fused-ring (bicyclic) bond motifs is 2. The number of rotatable bonds is 6. The third kappa shape index (κ3) is 4.38. The molecular formula is C21H24N2O3S. The lowest BCUT2D eigenvalue weighted by atomic mass is 9.86. The SMILES string of the molecule is Cc1ccc(-c2csc(NC(=O)COC(=O)C[C@@H]3C[C@@H]4CC[C@@H]3C4)n2)cc1. The number of nitrogens with zero attached hydrogens (tertiary/aromatic N) is 1. The summed E-state index contributed by atoms with van der Waals surface area (Å²) in [5, 5.41) is 5.13. The van der Waals surface area contributed by atoms with Crippen LogP contribution in [0.3, 0.4) is 0 Å². The molecule has 5 nitrogen and oxygen atoms in total. The third-order valence-corrected chi connectivity index (χ3v) is 6.53. The molecule has 2 fully saturated rings. The van der Waals surface area contributed by atoms with Crippen molar-refractivity contribution in [3.05, 3.63) is 35.2 Å². The van der Waals surface area contributed by atoms with Crippen molar-refractivity contribution in [2.75, 3.05) is 11.9 Å². The molecule has 0 aliphatic heterocycles. The summed E-state index contributed by atoms with van der Waals surface area (Å²) in [6.45, 7) is 1.79. The molecule has 4 rings (SSSR count). The highest BCUT2D eigenvalue weighted by atomic mass is 32.1. The minimum Gasteiger partial charge on any atom is -0.456 e. The Morgan fingerprint density at radius 1 is 1.22 bits per heavy atom. The van der Waals surface area contributed by atoms with Crippen LogP contribution in [-0.4, -0.2) is 23.5 Å². The molecule has 1 aromatic heterocycles. The zero-order valence-electron chi connectivity index (χ0n) is 15.4. The van der Waals surface area contributed by atoms with Gasteiger partial charge in [-0.15, -0.1) is 11.3 Å². The molecule has 2 aliphatic carbocycles. The van der Waals surface area contributed by atoms with Crippen molar-refractivity contribution in [3.63, 3.8) is 0 Å². The fraction of sp³-hybridized carbons (Fsp3) is 0.476. The van der Waals surface area contributed by atoms with E-state index in [0.717, 1.165) is 23.6 Å². The largest absolute Gasteiger partial charge is 0.456 e. The van der Waals surface area contributed by atoms with Gasteiger partial charge >= 0.3 is 5.97 Å². The smallest absolute Gasteiger partial charge is 0.306 e. The number of ether oxygens (including phenoxy) is 1. The second-order valence-electron chi connectivity index (χ2n) is 7.75. The molecule has 0 unspecified atom stereocenters. The molecule has 1 N–H and O–H groups in total. The van der Waals surface area contributed by atoms with Crippen LogP contribution in [0.25, 0.3) is 11.3 Å². The Bertz CT molecular complexity index is 830. The van der Waals surface area contributed by atoms with Gasteiger partial charge in [-0.05, 0) is 43.9 Å². The molecule has 0 radical (unpaired) electrons. The van der Waals surface area contributed by atoms with Gasteiger partial charge in [0.1, 0.15) is 0 Å². The number of nitrogens with one attached hydrogen (secondary N) is 1. The lowest BCUT2D eigenvalue weighted by molar-refractivity contribution is -0.148. The van der Waals surface area contributed by atoms with Crippen LogP contribution in [0.2, 0.25) is 0 Å². The Balaban J connectivity index is 1.23. The minimum atomic E-state index is -0.346. The number of thiazole rings is 1. The fourth-order valence-electron chi connectivity index (χ4n) is 4.39. The van der Waals surface area contributed by atoms with Gasteiger partial charge in [0.25, 0.3) is 5.91 Å². The van der Waals surface area contributed by atoms with Gasteiger partial charge in [0.05, 0.1) is 5.69 Å². The van der Waals surface area contributed by atoms with E-state index in [9.17, 15) is 9.59 Å². The van der Waals surface area contributed by atoms with E-state index in [1.54, 1.807) is 0 Å². The van der Waals surface area contributed by atoms with E-state index < -0.39 is 0 Å². The summed E-state index contributed by atoms with van der Waals surface area (Å²) in [6.07, 6.45) is 5.43. The highest BCUT2D eigenvalue weighted by Crippen LogP contribution is 2.49. The van der Waals surface area contributed by atoms with Gasteiger partial charge in [-0.2, -0.15) is 0 Å². The second-order valence-corrected chi connectivity index (χ2v) is 8.61. The highest BCUT2D eigenvalue weighted by molar-refractivity contribution is 7.14. The average molecular weight is 385 g/mol. The number of aromatic nitrogens is 1. The maximum Gasteiger partial charge on any atom is 0.306 e. The molecule has 0 saturated heterocycles. The lowest BCUT2D eigenvalue weighted by Crippen LogP contribution is -2.23. The van der Waals surface area contributed by atoms with E-state index in [0.29, 0.717) is 23.4 Å². The van der Waals surface area contributed by atoms with Crippen LogP contribution in [-0.2, 0) is 14.3 Å². The van der Waals surface area contributed by atoms with Crippen LogP contribution in [0.4, 0.5) is 5.13 Å². The number of carbonyl (C=O) groups is 2. The molecule has 2 saturated carbocycles. The molecule has 6 heteroatoms. The topological polar surface area (TPSA) is 68.3 Å². The summed E-state index contributed by atoms with van der Waals surface area (Å²) in [5.74, 6) is 1.34. The van der Waals surface area contributed by atoms with Crippen LogP contribution in [0.1, 0.15) is 37.7 Å². The molecule has 27 heavy (non-hydrogen) atoms. The van der Waals surface area contributed by atoms with E-state index >= 15 is 0 Å². The number of carbonyl (C=O) groups excluding carboxylic acids is 2. The van der Waals surface area contributed by atoms with Gasteiger partial charge in [-0.1, -0.05) is 36.2 Å². The lowest BCUT2D eigenvalue weighted by Gasteiger charge is -2.20. The number of anilines is 1. The summed E-state index contributed by atoms with van der Waals surface area (Å²) >= 11 is 1.36. The van der Waals surface area contributed by atoms with E-state index in [2.05, 4.69) is 10.3 Å². The van der Waals surface area contributed by atoms with Gasteiger partial charge in [0, 0.05) is 17.4 Å². The van der Waals surface area contributed by atoms with Gasteiger partial charge in [-0.3, -0.25) is 14.9 Å². The van der Waals surface area contributed by atoms with Crippen molar-refractivity contribution < 1.29 is 14.3 Å². The monoisotopic (exact) mass is 384 g/mol.